The van der Waals surface area contributed by atoms with Gasteiger partial charge >= 0.3 is 18.0 Å². The van der Waals surface area contributed by atoms with Crippen molar-refractivity contribution in [3.05, 3.63) is 42.1 Å². The van der Waals surface area contributed by atoms with Gasteiger partial charge in [0.2, 0.25) is 13.4 Å². The van der Waals surface area contributed by atoms with Crippen molar-refractivity contribution in [1.29, 1.82) is 0 Å². The van der Waals surface area contributed by atoms with Gasteiger partial charge in [-0.25, -0.2) is 24.9 Å². The second-order valence-electron chi connectivity index (χ2n) is 13.1. The van der Waals surface area contributed by atoms with E-state index in [2.05, 4.69) is 20.5 Å². The van der Waals surface area contributed by atoms with Crippen molar-refractivity contribution in [3.63, 3.8) is 0 Å². The van der Waals surface area contributed by atoms with Gasteiger partial charge in [0.15, 0.2) is 5.82 Å². The number of piperazine rings is 1. The molecule has 2 aromatic rings. The highest BCUT2D eigenvalue weighted by atomic mass is 31.2. The maximum atomic E-state index is 14.8. The number of rotatable bonds is 17. The largest absolute Gasteiger partial charge is 0.465 e. The highest BCUT2D eigenvalue weighted by Crippen LogP contribution is 2.39. The van der Waals surface area contributed by atoms with Crippen molar-refractivity contribution in [2.45, 2.75) is 65.3 Å². The van der Waals surface area contributed by atoms with Crippen molar-refractivity contribution >= 4 is 43.1 Å². The summed E-state index contributed by atoms with van der Waals surface area (Å²) in [6.07, 6.45) is -0.357. The molecule has 302 valence electrons. The number of carbonyl (C=O) groups excluding carboxylic acids is 5. The first-order valence-electron chi connectivity index (χ1n) is 18.5. The molecule has 2 fully saturated rings. The van der Waals surface area contributed by atoms with E-state index < -0.39 is 61.6 Å². The van der Waals surface area contributed by atoms with Crippen LogP contribution in [-0.2, 0) is 37.9 Å². The van der Waals surface area contributed by atoms with Crippen LogP contribution in [0.1, 0.15) is 51.5 Å². The van der Waals surface area contributed by atoms with Gasteiger partial charge in [0.25, 0.3) is 5.91 Å². The van der Waals surface area contributed by atoms with Gasteiger partial charge in [-0.3, -0.25) is 23.7 Å². The third-order valence-electron chi connectivity index (χ3n) is 9.02. The summed E-state index contributed by atoms with van der Waals surface area (Å²) in [4.78, 5) is 80.7. The molecule has 55 heavy (non-hydrogen) atoms. The summed E-state index contributed by atoms with van der Waals surface area (Å²) in [6.45, 7) is 9.81. The number of nitrogens with zero attached hydrogens (tertiary/aromatic N) is 5. The molecule has 18 nitrogen and oxygen atoms in total. The van der Waals surface area contributed by atoms with Crippen LogP contribution in [0, 0.1) is 0 Å². The minimum atomic E-state index is -4.13. The lowest BCUT2D eigenvalue weighted by Gasteiger charge is -2.37. The van der Waals surface area contributed by atoms with Crippen LogP contribution in [0.3, 0.4) is 0 Å². The third kappa shape index (κ3) is 11.9. The van der Waals surface area contributed by atoms with Crippen LogP contribution in [0.5, 0.6) is 0 Å². The molecule has 0 aliphatic carbocycles. The molecule has 0 bridgehead atoms. The highest BCUT2D eigenvalue weighted by Gasteiger charge is 2.40. The molecule has 4 atom stereocenters. The molecule has 1 aromatic carbocycles. The molecular formula is C36H53N8O10P. The molecule has 0 saturated carbocycles. The summed E-state index contributed by atoms with van der Waals surface area (Å²) in [5, 5.41) is 8.27. The molecule has 2 aliphatic heterocycles. The van der Waals surface area contributed by atoms with E-state index in [9.17, 15) is 28.5 Å². The Morgan fingerprint density at radius 1 is 0.836 bits per heavy atom. The summed E-state index contributed by atoms with van der Waals surface area (Å²) in [6, 6.07) is 6.90. The Balaban J connectivity index is 1.72. The lowest BCUT2D eigenvalue weighted by Crippen LogP contribution is -2.57. The maximum absolute atomic E-state index is 14.8. The number of aromatic nitrogens is 2. The summed E-state index contributed by atoms with van der Waals surface area (Å²) < 4.78 is 35.7. The molecular weight excluding hydrogens is 735 g/mol. The van der Waals surface area contributed by atoms with Crippen molar-refractivity contribution in [3.8, 4) is 11.4 Å². The fourth-order valence-electron chi connectivity index (χ4n) is 6.19. The van der Waals surface area contributed by atoms with Crippen LogP contribution < -0.4 is 20.4 Å². The number of benzene rings is 1. The number of hydrogen-bond acceptors (Lipinski definition) is 13. The second-order valence-corrected chi connectivity index (χ2v) is 15.4. The van der Waals surface area contributed by atoms with Crippen LogP contribution in [-0.4, -0.2) is 146 Å². The lowest BCUT2D eigenvalue weighted by molar-refractivity contribution is -0.145. The summed E-state index contributed by atoms with van der Waals surface area (Å²) in [5.74, 6) is -2.02. The number of esters is 2. The highest BCUT2D eigenvalue weighted by molar-refractivity contribution is 7.60. The minimum absolute atomic E-state index is 0.0261. The molecule has 2 aliphatic rings. The number of nitrogens with one attached hydrogen (secondary N) is 3. The summed E-state index contributed by atoms with van der Waals surface area (Å²) in [7, 11) is -2.49. The van der Waals surface area contributed by atoms with Crippen molar-refractivity contribution in [2.75, 3.05) is 77.3 Å². The van der Waals surface area contributed by atoms with E-state index in [1.807, 2.05) is 35.2 Å². The Morgan fingerprint density at radius 2 is 1.42 bits per heavy atom. The summed E-state index contributed by atoms with van der Waals surface area (Å²) in [5.41, 5.74) is 0.608. The van der Waals surface area contributed by atoms with Gasteiger partial charge < -0.3 is 39.0 Å². The second kappa shape index (κ2) is 20.3. The van der Waals surface area contributed by atoms with E-state index in [0.29, 0.717) is 24.5 Å². The smallest absolute Gasteiger partial charge is 0.409 e. The molecule has 1 aromatic heterocycles. The number of methoxy groups -OCH3 is 1. The molecule has 2 saturated heterocycles. The number of amides is 3. The summed E-state index contributed by atoms with van der Waals surface area (Å²) >= 11 is 0. The molecule has 3 N–H and O–H groups in total. The van der Waals surface area contributed by atoms with Crippen LogP contribution in [0.4, 0.5) is 10.6 Å². The van der Waals surface area contributed by atoms with Crippen molar-refractivity contribution in [2.24, 2.45) is 0 Å². The average Bonchev–Trinajstić information content (AvgIpc) is 3.67. The Morgan fingerprint density at radius 3 is 1.96 bits per heavy atom. The predicted octanol–water partition coefficient (Wildman–Crippen LogP) is 2.04. The third-order valence-corrected chi connectivity index (χ3v) is 11.5. The van der Waals surface area contributed by atoms with E-state index >= 15 is 0 Å². The average molecular weight is 789 g/mol. The molecule has 0 spiro atoms. The van der Waals surface area contributed by atoms with Crippen molar-refractivity contribution in [1.82, 2.24) is 35.3 Å². The molecule has 3 amide bonds. The van der Waals surface area contributed by atoms with Crippen LogP contribution >= 0.6 is 7.44 Å². The van der Waals surface area contributed by atoms with Gasteiger partial charge in [-0.2, -0.15) is 0 Å². The van der Waals surface area contributed by atoms with Gasteiger partial charge in [0, 0.05) is 58.0 Å². The number of carbonyl (C=O) groups is 5. The van der Waals surface area contributed by atoms with Gasteiger partial charge in [-0.1, -0.05) is 30.3 Å². The van der Waals surface area contributed by atoms with Crippen LogP contribution in [0.15, 0.2) is 36.4 Å². The zero-order valence-corrected chi connectivity index (χ0v) is 33.2. The fourth-order valence-corrected chi connectivity index (χ4v) is 8.69. The number of ether oxygens (including phenoxy) is 4. The Hall–Kier alpha value is -4.64. The molecule has 4 rings (SSSR count). The molecule has 3 heterocycles. The van der Waals surface area contributed by atoms with Crippen molar-refractivity contribution < 1.29 is 47.5 Å². The van der Waals surface area contributed by atoms with E-state index in [1.54, 1.807) is 27.9 Å². The lowest BCUT2D eigenvalue weighted by atomic mass is 10.2. The van der Waals surface area contributed by atoms with E-state index in [-0.39, 0.29) is 63.6 Å². The zero-order valence-electron chi connectivity index (χ0n) is 32.3. The first-order valence-corrected chi connectivity index (χ1v) is 20.4. The fraction of sp³-hybridized carbons (Fsp3) is 0.583. The molecule has 0 unspecified atom stereocenters. The van der Waals surface area contributed by atoms with Crippen LogP contribution in [0.2, 0.25) is 0 Å². The monoisotopic (exact) mass is 788 g/mol. The van der Waals surface area contributed by atoms with E-state index in [0.717, 1.165) is 6.42 Å². The Labute approximate surface area is 321 Å². The molecule has 0 radical (unpaired) electrons. The first-order chi connectivity index (χ1) is 26.3. The maximum Gasteiger partial charge on any atom is 0.409 e. The minimum Gasteiger partial charge on any atom is -0.465 e. The normalized spacial score (nSPS) is 17.6. The Kier molecular flexibility index (Phi) is 15.9. The van der Waals surface area contributed by atoms with Crippen LogP contribution in [0.25, 0.3) is 11.4 Å². The van der Waals surface area contributed by atoms with Gasteiger partial charge in [-0.15, -0.1) is 0 Å². The standard InChI is InChI=1S/C36H53N8O10P/c1-7-52-34(47)24(4)40-55(50,41-25(5)35(48)53-8-2)23-29(33(46)42-17-19-43(20-18-42)36(49)54-9-3)38-32(45)28-21-30(44-16-15-27(22-44)51-6)39-31(37-28)26-13-11-10-12-14-26/h10-14,21,24-25,27,29H,7-9,15-20,22-23H2,1-6H3,(H,38,45)(H2,40,41,50)/t24-,25-,27-,29+/m0/s1. The quantitative estimate of drug-likeness (QED) is 0.119. The SMILES string of the molecule is CCOC(=O)[C@H](C)NP(=O)(C[C@@H](NC(=O)c1cc(N2CC[C@H](OC)C2)nc(-c2ccccc2)n1)C(=O)N1CCN(C(=O)OCC)CC1)N[C@@H](C)C(=O)OCC. The Bertz CT molecular complexity index is 1660. The molecule has 19 heteroatoms. The van der Waals surface area contributed by atoms with E-state index in [1.165, 1.54) is 29.7 Å². The number of anilines is 1. The van der Waals surface area contributed by atoms with E-state index in [4.69, 9.17) is 23.9 Å². The predicted molar refractivity (Wildman–Crippen MR) is 202 cm³/mol. The van der Waals surface area contributed by atoms with Gasteiger partial charge in [-0.05, 0) is 41.0 Å². The van der Waals surface area contributed by atoms with Gasteiger partial charge in [0.1, 0.15) is 29.6 Å². The first kappa shape index (κ1) is 43.1. The zero-order chi connectivity index (χ0) is 40.1. The number of hydrogen-bond donors (Lipinski definition) is 3. The topological polar surface area (TPSA) is 211 Å². The van der Waals surface area contributed by atoms with Gasteiger partial charge in [0.05, 0.1) is 32.1 Å².